The molecule has 0 aliphatic carbocycles. The number of carbonyl (C=O) groups is 1. The number of carbonyl (C=O) groups excluding carboxylic acids is 1. The van der Waals surface area contributed by atoms with Crippen LogP contribution in [-0.2, 0) is 0 Å². The number of halogens is 3. The van der Waals surface area contributed by atoms with Gasteiger partial charge >= 0.3 is 0 Å². The molecule has 2 aromatic rings. The average Bonchev–Trinajstić information content (AvgIpc) is 2.63. The molecule has 1 amide bonds. The maximum atomic E-state index is 12.0. The van der Waals surface area contributed by atoms with Gasteiger partial charge in [0.05, 0.1) is 15.5 Å². The van der Waals surface area contributed by atoms with E-state index < -0.39 is 0 Å². The first-order chi connectivity index (χ1) is 8.06. The summed E-state index contributed by atoms with van der Waals surface area (Å²) in [6.45, 7) is 0. The van der Waals surface area contributed by atoms with E-state index in [-0.39, 0.29) is 5.91 Å². The fourth-order valence-corrected chi connectivity index (χ4v) is 3.48. The molecular weight excluding hydrogens is 436 g/mol. The van der Waals surface area contributed by atoms with Crippen LogP contribution in [0.1, 0.15) is 10.4 Å². The van der Waals surface area contributed by atoms with Crippen molar-refractivity contribution in [3.63, 3.8) is 0 Å². The van der Waals surface area contributed by atoms with Crippen LogP contribution in [0.25, 0.3) is 0 Å². The largest absolute Gasteiger partial charge is 0.298 e. The second-order valence-corrected chi connectivity index (χ2v) is 7.23. The van der Waals surface area contributed by atoms with E-state index >= 15 is 0 Å². The highest BCUT2D eigenvalue weighted by atomic mass is 79.9. The summed E-state index contributed by atoms with van der Waals surface area (Å²) in [6.07, 6.45) is 1.65. The Hall–Kier alpha value is -0.240. The number of rotatable bonds is 2. The van der Waals surface area contributed by atoms with E-state index in [1.54, 1.807) is 12.3 Å². The third kappa shape index (κ3) is 3.37. The van der Waals surface area contributed by atoms with Crippen LogP contribution in [0, 0.1) is 0 Å². The molecule has 0 radical (unpaired) electrons. The Morgan fingerprint density at radius 2 is 2.06 bits per heavy atom. The van der Waals surface area contributed by atoms with Crippen LogP contribution in [0.15, 0.2) is 37.1 Å². The Kier molecular flexibility index (Phi) is 4.35. The molecule has 0 bridgehead atoms. The maximum Gasteiger partial charge on any atom is 0.258 e. The Morgan fingerprint density at radius 3 is 2.65 bits per heavy atom. The Bertz CT molecular complexity index is 570. The standard InChI is InChI=1S/C10H5Br3N2OS/c11-5-1-2-6(7(12)3-5)9(16)15-10-14-4-8(13)17-10/h1-4H,(H,14,15,16). The fraction of sp³-hybridized carbons (Fsp3) is 0. The topological polar surface area (TPSA) is 42.0 Å². The number of nitrogens with one attached hydrogen (secondary N) is 1. The normalized spacial score (nSPS) is 10.3. The first kappa shape index (κ1) is 13.2. The summed E-state index contributed by atoms with van der Waals surface area (Å²) in [5.74, 6) is -0.189. The molecule has 0 atom stereocenters. The van der Waals surface area contributed by atoms with Gasteiger partial charge in [-0.3, -0.25) is 10.1 Å². The van der Waals surface area contributed by atoms with E-state index in [2.05, 4.69) is 58.1 Å². The van der Waals surface area contributed by atoms with Crippen molar-refractivity contribution in [2.75, 3.05) is 5.32 Å². The van der Waals surface area contributed by atoms with E-state index in [0.717, 1.165) is 12.7 Å². The van der Waals surface area contributed by atoms with E-state index in [0.29, 0.717) is 10.7 Å². The summed E-state index contributed by atoms with van der Waals surface area (Å²) in [6, 6.07) is 5.39. The van der Waals surface area contributed by atoms with Crippen LogP contribution in [0.4, 0.5) is 5.13 Å². The molecule has 0 unspecified atom stereocenters. The zero-order chi connectivity index (χ0) is 12.4. The van der Waals surface area contributed by atoms with Gasteiger partial charge < -0.3 is 0 Å². The predicted molar refractivity (Wildman–Crippen MR) is 79.6 cm³/mol. The molecule has 0 aliphatic heterocycles. The number of anilines is 1. The quantitative estimate of drug-likeness (QED) is 0.736. The molecule has 0 fully saturated rings. The second kappa shape index (κ2) is 5.60. The lowest BCUT2D eigenvalue weighted by Crippen LogP contribution is -2.12. The predicted octanol–water partition coefficient (Wildman–Crippen LogP) is 4.68. The van der Waals surface area contributed by atoms with Gasteiger partial charge in [-0.05, 0) is 50.1 Å². The summed E-state index contributed by atoms with van der Waals surface area (Å²) in [5.41, 5.74) is 0.569. The van der Waals surface area contributed by atoms with E-state index in [1.807, 2.05) is 12.1 Å². The lowest BCUT2D eigenvalue weighted by atomic mass is 10.2. The van der Waals surface area contributed by atoms with Gasteiger partial charge in [0.15, 0.2) is 5.13 Å². The Labute approximate surface area is 127 Å². The van der Waals surface area contributed by atoms with Gasteiger partial charge in [0.25, 0.3) is 5.91 Å². The number of hydrogen-bond acceptors (Lipinski definition) is 3. The third-order valence-electron chi connectivity index (χ3n) is 1.87. The van der Waals surface area contributed by atoms with Crippen molar-refractivity contribution >= 4 is 70.2 Å². The van der Waals surface area contributed by atoms with Crippen molar-refractivity contribution in [1.29, 1.82) is 0 Å². The monoisotopic (exact) mass is 438 g/mol. The molecule has 0 saturated heterocycles. The average molecular weight is 441 g/mol. The number of benzene rings is 1. The van der Waals surface area contributed by atoms with Gasteiger partial charge in [-0.25, -0.2) is 4.98 Å². The zero-order valence-corrected chi connectivity index (χ0v) is 13.8. The van der Waals surface area contributed by atoms with Gasteiger partial charge in [-0.2, -0.15) is 0 Å². The number of aromatic nitrogens is 1. The molecule has 1 heterocycles. The molecule has 0 spiro atoms. The van der Waals surface area contributed by atoms with Gasteiger partial charge in [-0.1, -0.05) is 27.3 Å². The second-order valence-electron chi connectivity index (χ2n) is 3.05. The minimum absolute atomic E-state index is 0.189. The van der Waals surface area contributed by atoms with Gasteiger partial charge in [-0.15, -0.1) is 0 Å². The highest BCUT2D eigenvalue weighted by Crippen LogP contribution is 2.26. The molecule has 2 rings (SSSR count). The Balaban J connectivity index is 2.20. The maximum absolute atomic E-state index is 12.0. The lowest BCUT2D eigenvalue weighted by Gasteiger charge is -2.04. The van der Waals surface area contributed by atoms with E-state index in [9.17, 15) is 4.79 Å². The first-order valence-corrected chi connectivity index (χ1v) is 7.63. The van der Waals surface area contributed by atoms with Crippen LogP contribution in [-0.4, -0.2) is 10.9 Å². The molecule has 1 aromatic carbocycles. The van der Waals surface area contributed by atoms with Crippen molar-refractivity contribution < 1.29 is 4.79 Å². The highest BCUT2D eigenvalue weighted by Gasteiger charge is 2.12. The smallest absolute Gasteiger partial charge is 0.258 e. The first-order valence-electron chi connectivity index (χ1n) is 4.44. The summed E-state index contributed by atoms with van der Waals surface area (Å²) >= 11 is 11.3. The van der Waals surface area contributed by atoms with Crippen molar-refractivity contribution in [3.8, 4) is 0 Å². The molecule has 1 aromatic heterocycles. The summed E-state index contributed by atoms with van der Waals surface area (Å²) in [7, 11) is 0. The van der Waals surface area contributed by atoms with Crippen LogP contribution in [0.2, 0.25) is 0 Å². The minimum Gasteiger partial charge on any atom is -0.298 e. The van der Waals surface area contributed by atoms with Crippen LogP contribution >= 0.6 is 59.1 Å². The highest BCUT2D eigenvalue weighted by molar-refractivity contribution is 9.11. The number of thiazole rings is 1. The SMILES string of the molecule is O=C(Nc1ncc(Br)s1)c1ccc(Br)cc1Br. The van der Waals surface area contributed by atoms with E-state index in [1.165, 1.54) is 11.3 Å². The van der Waals surface area contributed by atoms with E-state index in [4.69, 9.17) is 0 Å². The molecule has 0 aliphatic rings. The van der Waals surface area contributed by atoms with Crippen molar-refractivity contribution in [1.82, 2.24) is 4.98 Å². The third-order valence-corrected chi connectivity index (χ3v) is 4.41. The summed E-state index contributed by atoms with van der Waals surface area (Å²) < 4.78 is 2.53. The molecule has 0 saturated carbocycles. The molecule has 17 heavy (non-hydrogen) atoms. The van der Waals surface area contributed by atoms with Gasteiger partial charge in [0.2, 0.25) is 0 Å². The number of nitrogens with zero attached hydrogens (tertiary/aromatic N) is 1. The summed E-state index contributed by atoms with van der Waals surface area (Å²) in [5, 5.41) is 3.30. The van der Waals surface area contributed by atoms with Crippen LogP contribution in [0.5, 0.6) is 0 Å². The molecular formula is C10H5Br3N2OS. The molecule has 7 heteroatoms. The van der Waals surface area contributed by atoms with Crippen molar-refractivity contribution in [2.45, 2.75) is 0 Å². The molecule has 1 N–H and O–H groups in total. The molecule has 88 valence electrons. The molecule has 3 nitrogen and oxygen atoms in total. The van der Waals surface area contributed by atoms with Gasteiger partial charge in [0.1, 0.15) is 0 Å². The lowest BCUT2D eigenvalue weighted by molar-refractivity contribution is 0.102. The fourth-order valence-electron chi connectivity index (χ4n) is 1.15. The summed E-state index contributed by atoms with van der Waals surface area (Å²) in [4.78, 5) is 16.0. The number of amides is 1. The van der Waals surface area contributed by atoms with Crippen molar-refractivity contribution in [2.24, 2.45) is 0 Å². The van der Waals surface area contributed by atoms with Crippen LogP contribution in [0.3, 0.4) is 0 Å². The Morgan fingerprint density at radius 1 is 1.29 bits per heavy atom. The zero-order valence-electron chi connectivity index (χ0n) is 8.21. The van der Waals surface area contributed by atoms with Gasteiger partial charge in [0, 0.05) is 8.95 Å². The van der Waals surface area contributed by atoms with Crippen LogP contribution < -0.4 is 5.32 Å². The minimum atomic E-state index is -0.189. The van der Waals surface area contributed by atoms with Crippen molar-refractivity contribution in [3.05, 3.63) is 42.7 Å². The number of hydrogen-bond donors (Lipinski definition) is 1.